The highest BCUT2D eigenvalue weighted by molar-refractivity contribution is 9.10. The van der Waals surface area contributed by atoms with Gasteiger partial charge in [0.15, 0.2) is 6.61 Å². The highest BCUT2D eigenvalue weighted by atomic mass is 79.9. The molecule has 2 rings (SSSR count). The molecule has 0 unspecified atom stereocenters. The van der Waals surface area contributed by atoms with Gasteiger partial charge in [0.1, 0.15) is 5.76 Å². The molecular formula is C18H20BrNO4S. The molecule has 0 bridgehead atoms. The summed E-state index contributed by atoms with van der Waals surface area (Å²) in [5.74, 6) is 0.158. The van der Waals surface area contributed by atoms with Crippen LogP contribution in [0.3, 0.4) is 0 Å². The molecule has 0 saturated heterocycles. The molecule has 25 heavy (non-hydrogen) atoms. The third-order valence-corrected chi connectivity index (χ3v) is 5.54. The van der Waals surface area contributed by atoms with Gasteiger partial charge in [0.25, 0.3) is 5.91 Å². The van der Waals surface area contributed by atoms with Crippen molar-refractivity contribution in [2.24, 2.45) is 0 Å². The summed E-state index contributed by atoms with van der Waals surface area (Å²) in [7, 11) is 1.64. The van der Waals surface area contributed by atoms with Gasteiger partial charge in [-0.3, -0.25) is 9.59 Å². The van der Waals surface area contributed by atoms with Crippen LogP contribution in [0.5, 0.6) is 0 Å². The number of carbonyl (C=O) groups is 2. The molecule has 0 aliphatic rings. The van der Waals surface area contributed by atoms with E-state index in [-0.39, 0.29) is 18.3 Å². The van der Waals surface area contributed by atoms with Crippen molar-refractivity contribution in [3.05, 3.63) is 51.9 Å². The average Bonchev–Trinajstić information content (AvgIpc) is 3.07. The smallest absolute Gasteiger partial charge is 0.316 e. The number of benzene rings is 1. The van der Waals surface area contributed by atoms with Crippen LogP contribution in [0, 0.1) is 13.8 Å². The lowest BCUT2D eigenvalue weighted by molar-refractivity contribution is -0.149. The number of hydrogen-bond donors (Lipinski definition) is 0. The molecule has 0 atom stereocenters. The molecule has 7 heteroatoms. The second-order valence-corrected chi connectivity index (χ2v) is 7.52. The first-order valence-electron chi connectivity index (χ1n) is 7.68. The summed E-state index contributed by atoms with van der Waals surface area (Å²) in [5, 5.41) is 0. The Morgan fingerprint density at radius 2 is 2.04 bits per heavy atom. The van der Waals surface area contributed by atoms with Gasteiger partial charge in [0.05, 0.1) is 18.6 Å². The Morgan fingerprint density at radius 1 is 1.28 bits per heavy atom. The largest absolute Gasteiger partial charge is 0.467 e. The minimum Gasteiger partial charge on any atom is -0.467 e. The number of nitrogens with zero attached hydrogens (tertiary/aromatic N) is 1. The molecule has 1 aromatic heterocycles. The van der Waals surface area contributed by atoms with E-state index in [0.717, 1.165) is 20.5 Å². The lowest BCUT2D eigenvalue weighted by Crippen LogP contribution is -2.30. The number of aryl methyl sites for hydroxylation is 2. The van der Waals surface area contributed by atoms with E-state index >= 15 is 0 Å². The Labute approximate surface area is 159 Å². The molecule has 0 saturated carbocycles. The normalized spacial score (nSPS) is 10.6. The van der Waals surface area contributed by atoms with Gasteiger partial charge in [0, 0.05) is 16.4 Å². The van der Waals surface area contributed by atoms with E-state index in [9.17, 15) is 9.59 Å². The number of hydrogen-bond acceptors (Lipinski definition) is 5. The maximum absolute atomic E-state index is 12.0. The number of likely N-dealkylation sites (N-methyl/N-ethyl adjacent to an activating group) is 1. The van der Waals surface area contributed by atoms with E-state index in [1.807, 2.05) is 26.0 Å². The molecule has 2 aromatic rings. The van der Waals surface area contributed by atoms with Gasteiger partial charge in [-0.25, -0.2) is 0 Å². The first-order chi connectivity index (χ1) is 11.9. The summed E-state index contributed by atoms with van der Waals surface area (Å²) in [6.45, 7) is 4.06. The maximum Gasteiger partial charge on any atom is 0.316 e. The molecular weight excluding hydrogens is 406 g/mol. The fourth-order valence-electron chi connectivity index (χ4n) is 2.07. The van der Waals surface area contributed by atoms with Crippen molar-refractivity contribution in [3.8, 4) is 0 Å². The Morgan fingerprint density at radius 3 is 2.72 bits per heavy atom. The van der Waals surface area contributed by atoms with Gasteiger partial charge in [-0.15, -0.1) is 11.8 Å². The van der Waals surface area contributed by atoms with E-state index in [4.69, 9.17) is 9.15 Å². The number of furan rings is 1. The van der Waals surface area contributed by atoms with Gasteiger partial charge < -0.3 is 14.1 Å². The van der Waals surface area contributed by atoms with Crippen LogP contribution in [0.25, 0.3) is 0 Å². The minimum atomic E-state index is -0.412. The second-order valence-electron chi connectivity index (χ2n) is 5.65. The van der Waals surface area contributed by atoms with Crippen LogP contribution in [0.1, 0.15) is 16.9 Å². The standard InChI is InChI=1S/C18H20BrNO4S/c1-12-8-16(13(2)7-15(12)19)25-11-18(22)24-10-17(21)20(3)9-14-5-4-6-23-14/h4-8H,9-11H2,1-3H3. The SMILES string of the molecule is Cc1cc(SCC(=O)OCC(=O)N(C)Cc2ccco2)c(C)cc1Br. The van der Waals surface area contributed by atoms with E-state index in [0.29, 0.717) is 12.3 Å². The fourth-order valence-corrected chi connectivity index (χ4v) is 3.43. The third kappa shape index (κ3) is 5.93. The lowest BCUT2D eigenvalue weighted by Gasteiger charge is -2.15. The van der Waals surface area contributed by atoms with Crippen LogP contribution in [-0.2, 0) is 20.9 Å². The number of rotatable bonds is 7. The zero-order valence-corrected chi connectivity index (χ0v) is 16.8. The first-order valence-corrected chi connectivity index (χ1v) is 9.46. The van der Waals surface area contributed by atoms with Crippen molar-refractivity contribution in [3.63, 3.8) is 0 Å². The number of halogens is 1. The highest BCUT2D eigenvalue weighted by Crippen LogP contribution is 2.28. The molecule has 0 spiro atoms. The van der Waals surface area contributed by atoms with Crippen molar-refractivity contribution in [2.75, 3.05) is 19.4 Å². The second kappa shape index (κ2) is 9.10. The van der Waals surface area contributed by atoms with Crippen molar-refractivity contribution in [1.82, 2.24) is 4.90 Å². The van der Waals surface area contributed by atoms with Crippen molar-refractivity contribution < 1.29 is 18.7 Å². The van der Waals surface area contributed by atoms with E-state index < -0.39 is 5.97 Å². The summed E-state index contributed by atoms with van der Waals surface area (Å²) < 4.78 is 11.3. The maximum atomic E-state index is 12.0. The monoisotopic (exact) mass is 425 g/mol. The van der Waals surface area contributed by atoms with E-state index in [1.165, 1.54) is 16.7 Å². The van der Waals surface area contributed by atoms with Crippen LogP contribution in [0.4, 0.5) is 0 Å². The Kier molecular flexibility index (Phi) is 7.13. The van der Waals surface area contributed by atoms with Crippen molar-refractivity contribution in [1.29, 1.82) is 0 Å². The molecule has 134 valence electrons. The summed E-state index contributed by atoms with van der Waals surface area (Å²) in [4.78, 5) is 26.3. The van der Waals surface area contributed by atoms with Gasteiger partial charge in [0.2, 0.25) is 0 Å². The molecule has 0 N–H and O–H groups in total. The number of ether oxygens (including phenoxy) is 1. The topological polar surface area (TPSA) is 59.8 Å². The quantitative estimate of drug-likeness (QED) is 0.496. The first kappa shape index (κ1) is 19.6. The molecule has 0 radical (unpaired) electrons. The summed E-state index contributed by atoms with van der Waals surface area (Å²) in [6, 6.07) is 7.60. The zero-order chi connectivity index (χ0) is 18.4. The Hall–Kier alpha value is -1.73. The number of carbonyl (C=O) groups excluding carboxylic acids is 2. The van der Waals surface area contributed by atoms with Crippen LogP contribution in [0.2, 0.25) is 0 Å². The van der Waals surface area contributed by atoms with Crippen LogP contribution in [0.15, 0.2) is 44.3 Å². The fraction of sp³-hybridized carbons (Fsp3) is 0.333. The number of amides is 1. The van der Waals surface area contributed by atoms with Gasteiger partial charge in [-0.2, -0.15) is 0 Å². The van der Waals surface area contributed by atoms with Crippen molar-refractivity contribution in [2.45, 2.75) is 25.3 Å². The molecule has 0 aliphatic heterocycles. The van der Waals surface area contributed by atoms with Gasteiger partial charge >= 0.3 is 5.97 Å². The Bertz CT molecular complexity index is 746. The average molecular weight is 426 g/mol. The number of thioether (sulfide) groups is 1. The van der Waals surface area contributed by atoms with E-state index in [1.54, 1.807) is 25.4 Å². The summed E-state index contributed by atoms with van der Waals surface area (Å²) in [6.07, 6.45) is 1.55. The van der Waals surface area contributed by atoms with Crippen LogP contribution < -0.4 is 0 Å². The van der Waals surface area contributed by atoms with Crippen molar-refractivity contribution >= 4 is 39.6 Å². The van der Waals surface area contributed by atoms with Gasteiger partial charge in [-0.05, 0) is 49.2 Å². The van der Waals surface area contributed by atoms with Crippen LogP contribution in [-0.4, -0.2) is 36.2 Å². The molecule has 5 nitrogen and oxygen atoms in total. The molecule has 1 aromatic carbocycles. The third-order valence-electron chi connectivity index (χ3n) is 3.56. The zero-order valence-electron chi connectivity index (χ0n) is 14.4. The van der Waals surface area contributed by atoms with Crippen LogP contribution >= 0.6 is 27.7 Å². The highest BCUT2D eigenvalue weighted by Gasteiger charge is 2.14. The molecule has 0 aliphatic carbocycles. The number of esters is 1. The predicted octanol–water partition coefficient (Wildman–Crippen LogP) is 3.95. The Balaban J connectivity index is 1.77. The minimum absolute atomic E-state index is 0.164. The summed E-state index contributed by atoms with van der Waals surface area (Å²) >= 11 is 4.89. The molecule has 0 fully saturated rings. The lowest BCUT2D eigenvalue weighted by atomic mass is 10.2. The van der Waals surface area contributed by atoms with Gasteiger partial charge in [-0.1, -0.05) is 15.9 Å². The predicted molar refractivity (Wildman–Crippen MR) is 100 cm³/mol. The molecule has 1 heterocycles. The van der Waals surface area contributed by atoms with E-state index in [2.05, 4.69) is 15.9 Å². The summed E-state index contributed by atoms with van der Waals surface area (Å²) in [5.41, 5.74) is 2.20. The molecule has 1 amide bonds.